The van der Waals surface area contributed by atoms with Crippen molar-refractivity contribution in [1.82, 2.24) is 28.7 Å². The van der Waals surface area contributed by atoms with Crippen LogP contribution in [0.15, 0.2) is 188 Å². The fraction of sp³-hybridized carbons (Fsp3) is 0.0952. The number of fused-ring (bicyclic) bond motifs is 9. The average molecular weight is 887 g/mol. The van der Waals surface area contributed by atoms with E-state index in [4.69, 9.17) is 15.0 Å². The van der Waals surface area contributed by atoms with Crippen LogP contribution < -0.4 is 0 Å². The van der Waals surface area contributed by atoms with Gasteiger partial charge in [0.1, 0.15) is 11.5 Å². The van der Waals surface area contributed by atoms with E-state index in [0.717, 1.165) is 117 Å². The molecule has 0 spiro atoms. The summed E-state index contributed by atoms with van der Waals surface area (Å²) in [7, 11) is 0. The van der Waals surface area contributed by atoms with E-state index in [0.29, 0.717) is 5.82 Å². The molecule has 6 nitrogen and oxygen atoms in total. The fourth-order valence-corrected chi connectivity index (χ4v) is 11.5. The summed E-state index contributed by atoms with van der Waals surface area (Å²) in [4.78, 5) is 17.8. The molecule has 0 saturated heterocycles. The molecule has 5 heterocycles. The SMILES string of the molecule is C1=Cc2c(c3c(n2-c2c(-n4c5c(c6ccccc64)CCC=C5)nc(-n4c5ccccc5c5ccccc54)c(-c4ccccc4)c2-c2nc(-c4ccccc4)cc(-c4ccccc4)n2)C=CCC3)CC1. The first-order chi connectivity index (χ1) is 34.3. The monoisotopic (exact) mass is 886 g/mol. The Morgan fingerprint density at radius 1 is 0.348 bits per heavy atom. The third kappa shape index (κ3) is 6.22. The maximum absolute atomic E-state index is 6.26. The molecule has 3 aliphatic rings. The van der Waals surface area contributed by atoms with Gasteiger partial charge in [0.25, 0.3) is 0 Å². The predicted molar refractivity (Wildman–Crippen MR) is 284 cm³/mol. The molecule has 6 heteroatoms. The molecule has 6 aromatic carbocycles. The number of benzene rings is 6. The average Bonchev–Trinajstić information content (AvgIpc) is 4.07. The number of aromatic nitrogens is 6. The summed E-state index contributed by atoms with van der Waals surface area (Å²) in [5.41, 5.74) is 18.7. The van der Waals surface area contributed by atoms with Crippen LogP contribution in [0.4, 0.5) is 0 Å². The fourth-order valence-electron chi connectivity index (χ4n) is 11.5. The van der Waals surface area contributed by atoms with E-state index in [9.17, 15) is 0 Å². The Morgan fingerprint density at radius 3 is 1.32 bits per heavy atom. The number of hydrogen-bond acceptors (Lipinski definition) is 3. The van der Waals surface area contributed by atoms with E-state index >= 15 is 0 Å². The highest BCUT2D eigenvalue weighted by Gasteiger charge is 2.35. The second-order valence-electron chi connectivity index (χ2n) is 18.4. The van der Waals surface area contributed by atoms with Crippen LogP contribution in [0, 0.1) is 0 Å². The van der Waals surface area contributed by atoms with Crippen molar-refractivity contribution < 1.29 is 0 Å². The molecular formula is C63H46N6. The van der Waals surface area contributed by atoms with Crippen molar-refractivity contribution in [3.05, 3.63) is 222 Å². The zero-order valence-corrected chi connectivity index (χ0v) is 38.1. The molecule has 0 aliphatic heterocycles. The van der Waals surface area contributed by atoms with Gasteiger partial charge in [-0.1, -0.05) is 164 Å². The van der Waals surface area contributed by atoms with Crippen LogP contribution in [0.3, 0.4) is 0 Å². The summed E-state index contributed by atoms with van der Waals surface area (Å²) in [5, 5.41) is 3.59. The van der Waals surface area contributed by atoms with E-state index in [1.807, 2.05) is 0 Å². The van der Waals surface area contributed by atoms with E-state index in [1.165, 1.54) is 44.2 Å². The first kappa shape index (κ1) is 39.5. The Hall–Kier alpha value is -8.61. The zero-order valence-electron chi connectivity index (χ0n) is 38.1. The van der Waals surface area contributed by atoms with Gasteiger partial charge in [0.15, 0.2) is 11.6 Å². The Labute approximate surface area is 400 Å². The van der Waals surface area contributed by atoms with Gasteiger partial charge in [-0.15, -0.1) is 0 Å². The number of aryl methyl sites for hydroxylation is 1. The van der Waals surface area contributed by atoms with Crippen LogP contribution in [-0.4, -0.2) is 28.7 Å². The van der Waals surface area contributed by atoms with Crippen molar-refractivity contribution in [2.75, 3.05) is 0 Å². The first-order valence-corrected chi connectivity index (χ1v) is 24.3. The highest BCUT2D eigenvalue weighted by atomic mass is 15.2. The highest BCUT2D eigenvalue weighted by Crippen LogP contribution is 2.49. The highest BCUT2D eigenvalue weighted by molar-refractivity contribution is 6.10. The summed E-state index contributed by atoms with van der Waals surface area (Å²) in [6.45, 7) is 0. The molecule has 14 rings (SSSR count). The standard InChI is InChI=1S/C63H46N6/c1-4-22-41(23-5-1)50-40-51(42-24-6-2-7-25-42)65-61(64-50)59-58(43-26-8-3-9-27-43)62(68-54-36-18-12-30-46(54)47-31-13-19-37-55(47)68)66-63(69-56-38-20-14-32-48(56)49-33-15-21-39-57(49)69)60(59)67-52-34-16-10-28-44(52)45-29-11-17-35-53(45)67/h1-9,12-14,16-27,30-32,34-40H,10-11,15,28-29,33H2. The predicted octanol–water partition coefficient (Wildman–Crippen LogP) is 15.2. The van der Waals surface area contributed by atoms with Gasteiger partial charge in [-0.05, 0) is 103 Å². The Balaban J connectivity index is 1.27. The van der Waals surface area contributed by atoms with E-state index in [1.54, 1.807) is 0 Å². The van der Waals surface area contributed by atoms with Crippen LogP contribution in [-0.2, 0) is 19.3 Å². The lowest BCUT2D eigenvalue weighted by Gasteiger charge is -2.27. The maximum atomic E-state index is 6.26. The third-order valence-electron chi connectivity index (χ3n) is 14.5. The van der Waals surface area contributed by atoms with E-state index < -0.39 is 0 Å². The van der Waals surface area contributed by atoms with E-state index in [2.05, 4.69) is 220 Å². The summed E-state index contributed by atoms with van der Waals surface area (Å²) >= 11 is 0. The van der Waals surface area contributed by atoms with Gasteiger partial charge >= 0.3 is 0 Å². The first-order valence-electron chi connectivity index (χ1n) is 24.3. The molecule has 0 saturated carbocycles. The van der Waals surface area contributed by atoms with Gasteiger partial charge in [-0.3, -0.25) is 9.13 Å². The largest absolute Gasteiger partial charge is 0.306 e. The summed E-state index contributed by atoms with van der Waals surface area (Å²) in [6, 6.07) is 60.6. The van der Waals surface area contributed by atoms with Crippen molar-refractivity contribution in [2.45, 2.75) is 38.5 Å². The van der Waals surface area contributed by atoms with Gasteiger partial charge in [-0.25, -0.2) is 15.0 Å². The number of nitrogens with zero attached hydrogens (tertiary/aromatic N) is 6. The molecule has 0 unspecified atom stereocenters. The molecule has 3 aliphatic carbocycles. The minimum atomic E-state index is 0.631. The number of allylic oxidation sites excluding steroid dienone is 3. The number of rotatable bonds is 7. The van der Waals surface area contributed by atoms with E-state index in [-0.39, 0.29) is 0 Å². The van der Waals surface area contributed by atoms with Gasteiger partial charge in [-0.2, -0.15) is 0 Å². The van der Waals surface area contributed by atoms with Gasteiger partial charge in [0.2, 0.25) is 0 Å². The number of para-hydroxylation sites is 3. The molecule has 0 N–H and O–H groups in total. The van der Waals surface area contributed by atoms with Crippen LogP contribution in [0.25, 0.3) is 113 Å². The second kappa shape index (κ2) is 16.0. The lowest BCUT2D eigenvalue weighted by molar-refractivity contribution is 0.903. The van der Waals surface area contributed by atoms with Crippen molar-refractivity contribution in [1.29, 1.82) is 0 Å². The third-order valence-corrected chi connectivity index (χ3v) is 14.5. The van der Waals surface area contributed by atoms with Crippen LogP contribution in [0.5, 0.6) is 0 Å². The molecule has 0 bridgehead atoms. The molecule has 0 fully saturated rings. The van der Waals surface area contributed by atoms with Crippen LogP contribution in [0.2, 0.25) is 0 Å². The molecule has 0 radical (unpaired) electrons. The molecule has 69 heavy (non-hydrogen) atoms. The Kier molecular flexibility index (Phi) is 9.19. The topological polar surface area (TPSA) is 53.5 Å². The molecule has 11 aromatic rings. The normalized spacial score (nSPS) is 13.9. The molecule has 328 valence electrons. The van der Waals surface area contributed by atoms with Gasteiger partial charge in [0.05, 0.1) is 39.2 Å². The quantitative estimate of drug-likeness (QED) is 0.160. The second-order valence-corrected chi connectivity index (χ2v) is 18.4. The minimum absolute atomic E-state index is 0.631. The molecular weight excluding hydrogens is 841 g/mol. The lowest BCUT2D eigenvalue weighted by atomic mass is 9.94. The smallest absolute Gasteiger partial charge is 0.165 e. The van der Waals surface area contributed by atoms with Crippen LogP contribution in [0.1, 0.15) is 53.0 Å². The number of hydrogen-bond donors (Lipinski definition) is 0. The molecule has 0 atom stereocenters. The van der Waals surface area contributed by atoms with Crippen molar-refractivity contribution in [3.8, 4) is 62.4 Å². The summed E-state index contributed by atoms with van der Waals surface area (Å²) < 4.78 is 7.41. The van der Waals surface area contributed by atoms with Gasteiger partial charge < -0.3 is 4.57 Å². The minimum Gasteiger partial charge on any atom is -0.306 e. The van der Waals surface area contributed by atoms with Crippen LogP contribution >= 0.6 is 0 Å². The van der Waals surface area contributed by atoms with Crippen molar-refractivity contribution in [3.63, 3.8) is 0 Å². The summed E-state index contributed by atoms with van der Waals surface area (Å²) in [6.07, 6.45) is 20.0. The maximum Gasteiger partial charge on any atom is 0.165 e. The molecule has 5 aromatic heterocycles. The zero-order chi connectivity index (χ0) is 45.4. The molecule has 0 amide bonds. The van der Waals surface area contributed by atoms with Crippen molar-refractivity contribution >= 4 is 50.9 Å². The number of pyridine rings is 1. The van der Waals surface area contributed by atoms with Gasteiger partial charge in [0, 0.05) is 44.2 Å². The summed E-state index contributed by atoms with van der Waals surface area (Å²) in [5.74, 6) is 2.28. The van der Waals surface area contributed by atoms with Crippen molar-refractivity contribution in [2.24, 2.45) is 0 Å². The Bertz CT molecular complexity index is 3790. The lowest BCUT2D eigenvalue weighted by Crippen LogP contribution is -2.17. The Morgan fingerprint density at radius 2 is 0.783 bits per heavy atom.